The molecule has 5 heteroatoms. The Morgan fingerprint density at radius 3 is 1.60 bits per heavy atom. The summed E-state index contributed by atoms with van der Waals surface area (Å²) in [4.78, 5) is 4.63. The third kappa shape index (κ3) is 5.50. The number of furan rings is 2. The van der Waals surface area contributed by atoms with E-state index >= 15 is 0 Å². The average Bonchev–Trinajstić information content (AvgIpc) is 3.84. The van der Waals surface area contributed by atoms with Crippen LogP contribution in [0.3, 0.4) is 0 Å². The van der Waals surface area contributed by atoms with Gasteiger partial charge in [-0.1, -0.05) is 128 Å². The van der Waals surface area contributed by atoms with Crippen molar-refractivity contribution in [1.29, 1.82) is 0 Å². The summed E-state index contributed by atoms with van der Waals surface area (Å²) in [5.41, 5.74) is 9.79. The third-order valence-corrected chi connectivity index (χ3v) is 13.6. The molecule has 0 fully saturated rings. The Morgan fingerprint density at radius 1 is 0.345 bits per heavy atom. The van der Waals surface area contributed by atoms with E-state index in [4.69, 9.17) is 8.83 Å². The van der Waals surface area contributed by atoms with Gasteiger partial charge in [0.1, 0.15) is 16.7 Å². The fourth-order valence-corrected chi connectivity index (χ4v) is 9.92. The van der Waals surface area contributed by atoms with Crippen molar-refractivity contribution in [2.45, 2.75) is 19.6 Å². The van der Waals surface area contributed by atoms with Crippen LogP contribution in [0.5, 0.6) is 0 Å². The molecule has 0 amide bonds. The summed E-state index contributed by atoms with van der Waals surface area (Å²) in [6.45, 7) is 7.19. The lowest BCUT2D eigenvalue weighted by molar-refractivity contribution is 0.668. The van der Waals surface area contributed by atoms with E-state index in [0.717, 1.165) is 88.8 Å². The smallest absolute Gasteiger partial charge is 0.159 e. The van der Waals surface area contributed by atoms with Crippen molar-refractivity contribution in [3.05, 3.63) is 188 Å². The summed E-state index contributed by atoms with van der Waals surface area (Å²) in [6, 6.07) is 67.1. The van der Waals surface area contributed by atoms with Crippen LogP contribution in [0.1, 0.15) is 0 Å². The summed E-state index contributed by atoms with van der Waals surface area (Å²) in [7, 11) is -1.46. The minimum absolute atomic E-state index is 0.834. The zero-order chi connectivity index (χ0) is 39.0. The molecule has 11 aromatic rings. The number of para-hydroxylation sites is 4. The second kappa shape index (κ2) is 13.3. The van der Waals surface area contributed by atoms with Crippen LogP contribution < -0.4 is 15.0 Å². The maximum absolute atomic E-state index is 7.03. The van der Waals surface area contributed by atoms with Gasteiger partial charge in [-0.25, -0.2) is 0 Å². The minimum atomic E-state index is -1.46. The Balaban J connectivity index is 1.11. The number of anilines is 6. The molecule has 0 bridgehead atoms. The van der Waals surface area contributed by atoms with Crippen LogP contribution in [0.2, 0.25) is 19.6 Å². The van der Waals surface area contributed by atoms with E-state index in [1.807, 2.05) is 12.1 Å². The lowest BCUT2D eigenvalue weighted by Gasteiger charge is -2.27. The molecule has 2 heterocycles. The van der Waals surface area contributed by atoms with Gasteiger partial charge in [0, 0.05) is 55.7 Å². The molecule has 58 heavy (non-hydrogen) atoms. The van der Waals surface area contributed by atoms with E-state index < -0.39 is 8.07 Å². The average molecular weight is 765 g/mol. The van der Waals surface area contributed by atoms with Gasteiger partial charge in [0.25, 0.3) is 0 Å². The molecule has 4 nitrogen and oxygen atoms in total. The van der Waals surface area contributed by atoms with Gasteiger partial charge in [0.05, 0.1) is 19.4 Å². The van der Waals surface area contributed by atoms with E-state index in [9.17, 15) is 0 Å². The highest BCUT2D eigenvalue weighted by Gasteiger charge is 2.23. The Bertz CT molecular complexity index is 3330. The van der Waals surface area contributed by atoms with Crippen LogP contribution in [0.25, 0.3) is 65.4 Å². The molecular formula is C53H40N2O2Si. The molecule has 0 saturated heterocycles. The molecular weight excluding hydrogens is 725 g/mol. The van der Waals surface area contributed by atoms with Crippen molar-refractivity contribution in [2.75, 3.05) is 9.80 Å². The summed E-state index contributed by atoms with van der Waals surface area (Å²) in [6.07, 6.45) is 0. The second-order valence-corrected chi connectivity index (χ2v) is 21.2. The number of hydrogen-bond acceptors (Lipinski definition) is 4. The van der Waals surface area contributed by atoms with Crippen LogP contribution in [-0.4, -0.2) is 8.07 Å². The first kappa shape index (κ1) is 34.2. The zero-order valence-electron chi connectivity index (χ0n) is 32.6. The fourth-order valence-electron chi connectivity index (χ4n) is 8.76. The van der Waals surface area contributed by atoms with E-state index in [0.29, 0.717) is 0 Å². The summed E-state index contributed by atoms with van der Waals surface area (Å²) >= 11 is 0. The van der Waals surface area contributed by atoms with Crippen molar-refractivity contribution in [1.82, 2.24) is 0 Å². The van der Waals surface area contributed by atoms with Crippen LogP contribution in [0.15, 0.2) is 197 Å². The van der Waals surface area contributed by atoms with E-state index in [-0.39, 0.29) is 0 Å². The predicted octanol–water partition coefficient (Wildman–Crippen LogP) is 15.3. The van der Waals surface area contributed by atoms with Crippen molar-refractivity contribution < 1.29 is 8.83 Å². The molecule has 278 valence electrons. The molecule has 0 aliphatic rings. The van der Waals surface area contributed by atoms with Gasteiger partial charge in [-0.05, 0) is 95.0 Å². The van der Waals surface area contributed by atoms with Crippen molar-refractivity contribution in [3.8, 4) is 0 Å². The van der Waals surface area contributed by atoms with Gasteiger partial charge in [0.2, 0.25) is 0 Å². The summed E-state index contributed by atoms with van der Waals surface area (Å²) < 4.78 is 13.6. The first-order chi connectivity index (χ1) is 28.4. The van der Waals surface area contributed by atoms with Crippen molar-refractivity contribution in [2.24, 2.45) is 0 Å². The highest BCUT2D eigenvalue weighted by Crippen LogP contribution is 2.47. The van der Waals surface area contributed by atoms with Gasteiger partial charge < -0.3 is 18.6 Å². The van der Waals surface area contributed by atoms with Gasteiger partial charge in [-0.15, -0.1) is 0 Å². The van der Waals surface area contributed by atoms with Crippen LogP contribution >= 0.6 is 0 Å². The van der Waals surface area contributed by atoms with Gasteiger partial charge in [-0.2, -0.15) is 0 Å². The normalized spacial score (nSPS) is 12.1. The van der Waals surface area contributed by atoms with Gasteiger partial charge in [-0.3, -0.25) is 0 Å². The second-order valence-electron chi connectivity index (χ2n) is 16.2. The SMILES string of the molecule is C[Si](C)(C)c1ccc(N(c2ccccc2)c2ccc3c(c2)c2ccccc2c2c4ccc(N(c5ccccc5)c5cccc6c5oc5ccccc56)cc4oc32)cc1. The topological polar surface area (TPSA) is 32.8 Å². The van der Waals surface area contributed by atoms with Gasteiger partial charge in [0.15, 0.2) is 5.58 Å². The minimum Gasteiger partial charge on any atom is -0.455 e. The first-order valence-corrected chi connectivity index (χ1v) is 23.4. The number of nitrogens with zero attached hydrogens (tertiary/aromatic N) is 2. The molecule has 0 unspecified atom stereocenters. The van der Waals surface area contributed by atoms with Crippen LogP contribution in [0.4, 0.5) is 34.1 Å². The number of fused-ring (bicyclic) bond motifs is 11. The molecule has 9 aromatic carbocycles. The number of benzene rings is 9. The van der Waals surface area contributed by atoms with Crippen LogP contribution in [0, 0.1) is 0 Å². The van der Waals surface area contributed by atoms with Crippen LogP contribution in [-0.2, 0) is 0 Å². The highest BCUT2D eigenvalue weighted by molar-refractivity contribution is 6.88. The standard InChI is InChI=1S/C53H40N2O2Si/c1-58(2,3)40-29-25-37(26-30-40)54(35-15-6-4-7-16-35)38-27-31-45-47(33-38)41-19-10-11-21-43(41)51-46-32-28-39(34-50(46)57-53(45)51)55(36-17-8-5-9-18-36)48-23-14-22-44-42-20-12-13-24-49(42)56-52(44)48/h4-34H,1-3H3. The Hall–Kier alpha value is -7.08. The van der Waals surface area contributed by atoms with Crippen molar-refractivity contribution in [3.63, 3.8) is 0 Å². The number of hydrogen-bond donors (Lipinski definition) is 0. The van der Waals surface area contributed by atoms with Gasteiger partial charge >= 0.3 is 0 Å². The largest absolute Gasteiger partial charge is 0.455 e. The quantitative estimate of drug-likeness (QED) is 0.120. The predicted molar refractivity (Wildman–Crippen MR) is 248 cm³/mol. The van der Waals surface area contributed by atoms with E-state index in [1.165, 1.54) is 16.0 Å². The molecule has 0 spiro atoms. The summed E-state index contributed by atoms with van der Waals surface area (Å²) in [5, 5.41) is 10.5. The molecule has 0 atom stereocenters. The molecule has 2 aromatic heterocycles. The molecule has 0 saturated carbocycles. The van der Waals surface area contributed by atoms with E-state index in [1.54, 1.807) is 0 Å². The summed E-state index contributed by atoms with van der Waals surface area (Å²) in [5.74, 6) is 0. The zero-order valence-corrected chi connectivity index (χ0v) is 33.6. The highest BCUT2D eigenvalue weighted by atomic mass is 28.3. The molecule has 0 aliphatic carbocycles. The Morgan fingerprint density at radius 2 is 0.879 bits per heavy atom. The molecule has 0 aliphatic heterocycles. The Kier molecular flexibility index (Phi) is 7.82. The number of rotatable bonds is 7. The molecule has 11 rings (SSSR count). The van der Waals surface area contributed by atoms with E-state index in [2.05, 4.69) is 205 Å². The maximum Gasteiger partial charge on any atom is 0.159 e. The lowest BCUT2D eigenvalue weighted by atomic mass is 9.96. The molecule has 0 N–H and O–H groups in total. The Labute approximate surface area is 337 Å². The first-order valence-electron chi connectivity index (χ1n) is 19.9. The third-order valence-electron chi connectivity index (χ3n) is 11.6. The fraction of sp³-hybridized carbons (Fsp3) is 0.0566. The maximum atomic E-state index is 7.03. The van der Waals surface area contributed by atoms with Crippen molar-refractivity contribution >= 4 is 113 Å². The molecule has 0 radical (unpaired) electrons. The lowest BCUT2D eigenvalue weighted by Crippen LogP contribution is -2.37. The monoisotopic (exact) mass is 764 g/mol.